The lowest BCUT2D eigenvalue weighted by atomic mass is 9.97. The monoisotopic (exact) mass is 228 g/mol. The van der Waals surface area contributed by atoms with Crippen LogP contribution in [0.3, 0.4) is 0 Å². The average Bonchev–Trinajstić information content (AvgIpc) is 2.26. The standard InChI is InChI=1S/C14H16N2O/c1-14(17)9-16(10-14)8-12-7-6-11-4-2-3-5-13(11)15-12/h2-7,17H,8-10H2,1H3. The zero-order valence-electron chi connectivity index (χ0n) is 9.93. The van der Waals surface area contributed by atoms with Crippen LogP contribution in [0.2, 0.25) is 0 Å². The number of aliphatic hydroxyl groups is 1. The summed E-state index contributed by atoms with van der Waals surface area (Å²) in [7, 11) is 0. The first-order chi connectivity index (χ1) is 8.12. The molecule has 0 aliphatic carbocycles. The summed E-state index contributed by atoms with van der Waals surface area (Å²) in [6, 6.07) is 12.3. The van der Waals surface area contributed by atoms with Crippen molar-refractivity contribution in [2.24, 2.45) is 0 Å². The van der Waals surface area contributed by atoms with Gasteiger partial charge in [0.15, 0.2) is 0 Å². The number of fused-ring (bicyclic) bond motifs is 1. The lowest BCUT2D eigenvalue weighted by molar-refractivity contribution is -0.0875. The van der Waals surface area contributed by atoms with Gasteiger partial charge in [0, 0.05) is 25.0 Å². The molecule has 1 aromatic heterocycles. The van der Waals surface area contributed by atoms with Crippen molar-refractivity contribution >= 4 is 10.9 Å². The van der Waals surface area contributed by atoms with Crippen LogP contribution in [0.15, 0.2) is 36.4 Å². The van der Waals surface area contributed by atoms with E-state index >= 15 is 0 Å². The number of hydrogen-bond donors (Lipinski definition) is 1. The summed E-state index contributed by atoms with van der Waals surface area (Å²) >= 11 is 0. The van der Waals surface area contributed by atoms with Gasteiger partial charge in [-0.1, -0.05) is 24.3 Å². The molecule has 0 atom stereocenters. The summed E-state index contributed by atoms with van der Waals surface area (Å²) in [5.41, 5.74) is 1.60. The Bertz CT molecular complexity index is 543. The van der Waals surface area contributed by atoms with Crippen LogP contribution in [-0.2, 0) is 6.54 Å². The Morgan fingerprint density at radius 3 is 2.76 bits per heavy atom. The van der Waals surface area contributed by atoms with Gasteiger partial charge in [-0.25, -0.2) is 0 Å². The number of benzene rings is 1. The molecule has 88 valence electrons. The zero-order valence-corrected chi connectivity index (χ0v) is 9.93. The Labute approximate surface area is 101 Å². The molecule has 3 rings (SSSR count). The highest BCUT2D eigenvalue weighted by molar-refractivity contribution is 5.78. The highest BCUT2D eigenvalue weighted by Gasteiger charge is 2.36. The number of nitrogens with zero attached hydrogens (tertiary/aromatic N) is 2. The fraction of sp³-hybridized carbons (Fsp3) is 0.357. The zero-order chi connectivity index (χ0) is 11.9. The van der Waals surface area contributed by atoms with Gasteiger partial charge in [-0.3, -0.25) is 9.88 Å². The SMILES string of the molecule is CC1(O)CN(Cc2ccc3ccccc3n2)C1. The normalized spacial score (nSPS) is 19.2. The summed E-state index contributed by atoms with van der Waals surface area (Å²) in [5, 5.41) is 10.8. The number of β-amino-alcohol motifs (C(OH)–C–C–N with tert-alkyl or cyclic N) is 1. The van der Waals surface area contributed by atoms with Crippen molar-refractivity contribution < 1.29 is 5.11 Å². The van der Waals surface area contributed by atoms with E-state index in [1.807, 2.05) is 25.1 Å². The summed E-state index contributed by atoms with van der Waals surface area (Å²) < 4.78 is 0. The molecule has 1 aromatic carbocycles. The van der Waals surface area contributed by atoms with E-state index in [1.165, 1.54) is 5.39 Å². The maximum Gasteiger partial charge on any atom is 0.0872 e. The molecule has 1 aliphatic rings. The third-order valence-electron chi connectivity index (χ3n) is 3.17. The molecule has 1 saturated heterocycles. The van der Waals surface area contributed by atoms with Crippen molar-refractivity contribution in [2.45, 2.75) is 19.1 Å². The summed E-state index contributed by atoms with van der Waals surface area (Å²) in [6.45, 7) is 4.17. The molecule has 1 N–H and O–H groups in total. The first-order valence-corrected chi connectivity index (χ1v) is 5.92. The Morgan fingerprint density at radius 2 is 2.00 bits per heavy atom. The number of hydrogen-bond acceptors (Lipinski definition) is 3. The van der Waals surface area contributed by atoms with E-state index in [-0.39, 0.29) is 0 Å². The molecule has 2 heterocycles. The second-order valence-electron chi connectivity index (χ2n) is 5.14. The fourth-order valence-corrected chi connectivity index (χ4v) is 2.45. The predicted octanol–water partition coefficient (Wildman–Crippen LogP) is 1.80. The van der Waals surface area contributed by atoms with Gasteiger partial charge in [-0.2, -0.15) is 0 Å². The molecule has 0 unspecified atom stereocenters. The number of likely N-dealkylation sites (tertiary alicyclic amines) is 1. The van der Waals surface area contributed by atoms with E-state index in [2.05, 4.69) is 28.1 Å². The number of rotatable bonds is 2. The van der Waals surface area contributed by atoms with Crippen molar-refractivity contribution in [3.8, 4) is 0 Å². The number of para-hydroxylation sites is 1. The molecule has 1 aliphatic heterocycles. The fourth-order valence-electron chi connectivity index (χ4n) is 2.45. The largest absolute Gasteiger partial charge is 0.388 e. The quantitative estimate of drug-likeness (QED) is 0.851. The van der Waals surface area contributed by atoms with Gasteiger partial charge in [0.2, 0.25) is 0 Å². The van der Waals surface area contributed by atoms with E-state index in [0.717, 1.165) is 30.8 Å². The van der Waals surface area contributed by atoms with Crippen LogP contribution < -0.4 is 0 Å². The van der Waals surface area contributed by atoms with E-state index in [0.29, 0.717) is 0 Å². The third kappa shape index (κ3) is 2.16. The summed E-state index contributed by atoms with van der Waals surface area (Å²) in [4.78, 5) is 6.83. The van der Waals surface area contributed by atoms with Crippen LogP contribution in [0.1, 0.15) is 12.6 Å². The van der Waals surface area contributed by atoms with Crippen molar-refractivity contribution in [3.05, 3.63) is 42.1 Å². The molecule has 0 spiro atoms. The van der Waals surface area contributed by atoms with Crippen molar-refractivity contribution in [2.75, 3.05) is 13.1 Å². The average molecular weight is 228 g/mol. The van der Waals surface area contributed by atoms with Gasteiger partial charge in [-0.05, 0) is 19.1 Å². The third-order valence-corrected chi connectivity index (χ3v) is 3.17. The number of pyridine rings is 1. The van der Waals surface area contributed by atoms with Crippen molar-refractivity contribution in [1.82, 2.24) is 9.88 Å². The molecule has 3 heteroatoms. The molecule has 2 aromatic rings. The lowest BCUT2D eigenvalue weighted by Crippen LogP contribution is -2.59. The van der Waals surface area contributed by atoms with Crippen molar-refractivity contribution in [1.29, 1.82) is 0 Å². The van der Waals surface area contributed by atoms with E-state index in [1.54, 1.807) is 0 Å². The van der Waals surface area contributed by atoms with Crippen LogP contribution >= 0.6 is 0 Å². The van der Waals surface area contributed by atoms with Crippen LogP contribution in [0.5, 0.6) is 0 Å². The van der Waals surface area contributed by atoms with E-state index in [9.17, 15) is 5.11 Å². The first-order valence-electron chi connectivity index (χ1n) is 5.92. The molecule has 0 radical (unpaired) electrons. The number of aromatic nitrogens is 1. The maximum absolute atomic E-state index is 9.67. The predicted molar refractivity (Wildman–Crippen MR) is 67.6 cm³/mol. The molecule has 0 amide bonds. The van der Waals surface area contributed by atoms with Gasteiger partial charge < -0.3 is 5.11 Å². The molecule has 1 fully saturated rings. The molecule has 0 saturated carbocycles. The highest BCUT2D eigenvalue weighted by Crippen LogP contribution is 2.22. The molecule has 0 bridgehead atoms. The second-order valence-corrected chi connectivity index (χ2v) is 5.14. The van der Waals surface area contributed by atoms with Crippen LogP contribution in [-0.4, -0.2) is 33.7 Å². The Balaban J connectivity index is 1.78. The van der Waals surface area contributed by atoms with Gasteiger partial charge >= 0.3 is 0 Å². The minimum atomic E-state index is -0.503. The minimum absolute atomic E-state index is 0.503. The Morgan fingerprint density at radius 1 is 1.24 bits per heavy atom. The van der Waals surface area contributed by atoms with Gasteiger partial charge in [0.1, 0.15) is 0 Å². The highest BCUT2D eigenvalue weighted by atomic mass is 16.3. The molecule has 17 heavy (non-hydrogen) atoms. The Hall–Kier alpha value is -1.45. The topological polar surface area (TPSA) is 36.4 Å². The minimum Gasteiger partial charge on any atom is -0.388 e. The van der Waals surface area contributed by atoms with Crippen LogP contribution in [0.25, 0.3) is 10.9 Å². The van der Waals surface area contributed by atoms with Crippen LogP contribution in [0, 0.1) is 0 Å². The van der Waals surface area contributed by atoms with E-state index in [4.69, 9.17) is 0 Å². The smallest absolute Gasteiger partial charge is 0.0872 e. The maximum atomic E-state index is 9.67. The molecule has 3 nitrogen and oxygen atoms in total. The van der Waals surface area contributed by atoms with Gasteiger partial charge in [0.05, 0.1) is 16.8 Å². The summed E-state index contributed by atoms with van der Waals surface area (Å²) in [6.07, 6.45) is 0. The van der Waals surface area contributed by atoms with Gasteiger partial charge in [-0.15, -0.1) is 0 Å². The van der Waals surface area contributed by atoms with E-state index < -0.39 is 5.60 Å². The molecular weight excluding hydrogens is 212 g/mol. The lowest BCUT2D eigenvalue weighted by Gasteiger charge is -2.44. The summed E-state index contributed by atoms with van der Waals surface area (Å²) in [5.74, 6) is 0. The van der Waals surface area contributed by atoms with Crippen molar-refractivity contribution in [3.63, 3.8) is 0 Å². The Kier molecular flexibility index (Phi) is 2.38. The first kappa shape index (κ1) is 10.7. The second kappa shape index (κ2) is 3.79. The van der Waals surface area contributed by atoms with Crippen LogP contribution in [0.4, 0.5) is 0 Å². The van der Waals surface area contributed by atoms with Gasteiger partial charge in [0.25, 0.3) is 0 Å². The molecular formula is C14H16N2O.